The fourth-order valence-electron chi connectivity index (χ4n) is 3.75. The number of fused-ring (bicyclic) bond motifs is 1. The molecule has 1 aromatic rings. The van der Waals surface area contributed by atoms with Gasteiger partial charge in [0.05, 0.1) is 12.7 Å². The zero-order valence-electron chi connectivity index (χ0n) is 15.0. The van der Waals surface area contributed by atoms with E-state index in [1.165, 1.54) is 17.5 Å². The predicted octanol–water partition coefficient (Wildman–Crippen LogP) is 2.10. The average molecular weight is 331 g/mol. The molecule has 2 amide bonds. The van der Waals surface area contributed by atoms with Crippen LogP contribution in [0.1, 0.15) is 17.5 Å². The Kier molecular flexibility index (Phi) is 5.41. The Morgan fingerprint density at radius 3 is 2.79 bits per heavy atom. The Bertz CT molecular complexity index is 558. The van der Waals surface area contributed by atoms with Gasteiger partial charge in [0, 0.05) is 39.6 Å². The number of rotatable bonds is 4. The van der Waals surface area contributed by atoms with Crippen molar-refractivity contribution < 1.29 is 9.53 Å². The Morgan fingerprint density at radius 2 is 2.08 bits per heavy atom. The molecule has 0 spiro atoms. The van der Waals surface area contributed by atoms with Crippen molar-refractivity contribution in [1.82, 2.24) is 15.1 Å². The lowest BCUT2D eigenvalue weighted by Crippen LogP contribution is -2.46. The molecule has 2 saturated heterocycles. The molecule has 3 atom stereocenters. The number of carbonyl (C=O) groups is 1. The molecule has 24 heavy (non-hydrogen) atoms. The molecule has 1 aromatic carbocycles. The van der Waals surface area contributed by atoms with Crippen molar-refractivity contribution in [2.45, 2.75) is 26.0 Å². The number of nitrogens with zero attached hydrogens (tertiary/aromatic N) is 2. The summed E-state index contributed by atoms with van der Waals surface area (Å²) >= 11 is 0. The highest BCUT2D eigenvalue weighted by Gasteiger charge is 2.40. The van der Waals surface area contributed by atoms with E-state index < -0.39 is 0 Å². The van der Waals surface area contributed by atoms with Crippen molar-refractivity contribution in [3.63, 3.8) is 0 Å². The van der Waals surface area contributed by atoms with E-state index in [0.29, 0.717) is 18.4 Å². The monoisotopic (exact) mass is 331 g/mol. The van der Waals surface area contributed by atoms with Gasteiger partial charge in [-0.2, -0.15) is 0 Å². The summed E-state index contributed by atoms with van der Waals surface area (Å²) in [5, 5.41) is 2.97. The van der Waals surface area contributed by atoms with E-state index in [1.807, 2.05) is 0 Å². The van der Waals surface area contributed by atoms with E-state index in [4.69, 9.17) is 4.74 Å². The molecule has 2 fully saturated rings. The van der Waals surface area contributed by atoms with Crippen LogP contribution in [-0.4, -0.2) is 62.3 Å². The van der Waals surface area contributed by atoms with E-state index in [0.717, 1.165) is 26.2 Å². The van der Waals surface area contributed by atoms with E-state index in [2.05, 4.69) is 41.4 Å². The number of amides is 2. The molecule has 2 aliphatic heterocycles. The van der Waals surface area contributed by atoms with Crippen LogP contribution in [0.15, 0.2) is 24.3 Å². The van der Waals surface area contributed by atoms with Crippen LogP contribution in [-0.2, 0) is 11.3 Å². The lowest BCUT2D eigenvalue weighted by Gasteiger charge is -2.36. The number of nitrogens with one attached hydrogen (secondary N) is 1. The van der Waals surface area contributed by atoms with Crippen LogP contribution in [0.3, 0.4) is 0 Å². The van der Waals surface area contributed by atoms with Crippen LogP contribution in [0, 0.1) is 18.8 Å². The summed E-state index contributed by atoms with van der Waals surface area (Å²) in [6.45, 7) is 6.76. The highest BCUT2D eigenvalue weighted by Crippen LogP contribution is 2.34. The van der Waals surface area contributed by atoms with Crippen LogP contribution >= 0.6 is 0 Å². The summed E-state index contributed by atoms with van der Waals surface area (Å²) in [6, 6.07) is 8.76. The topological polar surface area (TPSA) is 44.8 Å². The molecule has 1 N–H and O–H groups in total. The third kappa shape index (κ3) is 4.08. The molecule has 2 aliphatic rings. The minimum atomic E-state index is -0.0469. The summed E-state index contributed by atoms with van der Waals surface area (Å²) in [7, 11) is 3.52. The van der Waals surface area contributed by atoms with Crippen molar-refractivity contribution in [3.05, 3.63) is 35.4 Å². The molecule has 5 heteroatoms. The largest absolute Gasteiger partial charge is 0.376 e. The second-order valence-corrected chi connectivity index (χ2v) is 7.39. The standard InChI is InChI=1S/C19H29N3O2/c1-14-4-6-15(7-5-14)11-22-9-8-16-13-24-18(17(16)12-22)10-20-19(23)21(2)3/h4-7,16-18H,8-13H2,1-3H3,(H,20,23)/t16-,17-,18+/m1/s1. The second kappa shape index (κ2) is 7.53. The number of likely N-dealkylation sites (tertiary alicyclic amines) is 1. The number of hydrogen-bond donors (Lipinski definition) is 1. The smallest absolute Gasteiger partial charge is 0.316 e. The number of carbonyl (C=O) groups excluding carboxylic acids is 1. The second-order valence-electron chi connectivity index (χ2n) is 7.39. The molecule has 0 bridgehead atoms. The van der Waals surface area contributed by atoms with E-state index in [-0.39, 0.29) is 12.1 Å². The number of ether oxygens (including phenoxy) is 1. The third-order valence-corrected chi connectivity index (χ3v) is 5.28. The van der Waals surface area contributed by atoms with Gasteiger partial charge in [-0.25, -0.2) is 4.79 Å². The van der Waals surface area contributed by atoms with Crippen molar-refractivity contribution in [2.75, 3.05) is 40.3 Å². The van der Waals surface area contributed by atoms with E-state index in [1.54, 1.807) is 19.0 Å². The fourth-order valence-corrected chi connectivity index (χ4v) is 3.75. The summed E-state index contributed by atoms with van der Waals surface area (Å²) in [6.07, 6.45) is 1.33. The van der Waals surface area contributed by atoms with Crippen LogP contribution < -0.4 is 5.32 Å². The van der Waals surface area contributed by atoms with Gasteiger partial charge in [0.1, 0.15) is 0 Å². The molecule has 132 valence electrons. The molecule has 5 nitrogen and oxygen atoms in total. The summed E-state index contributed by atoms with van der Waals surface area (Å²) in [4.78, 5) is 15.8. The first-order valence-electron chi connectivity index (χ1n) is 8.87. The minimum Gasteiger partial charge on any atom is -0.376 e. The Labute approximate surface area is 145 Å². The minimum absolute atomic E-state index is 0.0469. The third-order valence-electron chi connectivity index (χ3n) is 5.28. The molecule has 2 heterocycles. The van der Waals surface area contributed by atoms with Gasteiger partial charge in [0.25, 0.3) is 0 Å². The first-order valence-corrected chi connectivity index (χ1v) is 8.87. The SMILES string of the molecule is Cc1ccc(CN2CC[C@@H]3CO[C@@H](CNC(=O)N(C)C)[C@@H]3C2)cc1. The van der Waals surface area contributed by atoms with Crippen molar-refractivity contribution in [3.8, 4) is 0 Å². The fraction of sp³-hybridized carbons (Fsp3) is 0.632. The number of hydrogen-bond acceptors (Lipinski definition) is 3. The van der Waals surface area contributed by atoms with Gasteiger partial charge in [0.15, 0.2) is 0 Å². The summed E-state index contributed by atoms with van der Waals surface area (Å²) in [5.74, 6) is 1.16. The van der Waals surface area contributed by atoms with E-state index in [9.17, 15) is 4.79 Å². The Hall–Kier alpha value is -1.59. The van der Waals surface area contributed by atoms with Gasteiger partial charge < -0.3 is 15.0 Å². The van der Waals surface area contributed by atoms with Crippen LogP contribution in [0.2, 0.25) is 0 Å². The van der Waals surface area contributed by atoms with Gasteiger partial charge in [-0.3, -0.25) is 4.90 Å². The van der Waals surface area contributed by atoms with Crippen LogP contribution in [0.4, 0.5) is 4.79 Å². The van der Waals surface area contributed by atoms with E-state index >= 15 is 0 Å². The number of aryl methyl sites for hydroxylation is 1. The zero-order valence-corrected chi connectivity index (χ0v) is 15.0. The van der Waals surface area contributed by atoms with Gasteiger partial charge >= 0.3 is 6.03 Å². The molecule has 0 radical (unpaired) electrons. The molecular weight excluding hydrogens is 302 g/mol. The molecular formula is C19H29N3O2. The highest BCUT2D eigenvalue weighted by molar-refractivity contribution is 5.73. The maximum absolute atomic E-state index is 11.7. The first-order chi connectivity index (χ1) is 11.5. The molecule has 0 saturated carbocycles. The number of urea groups is 1. The highest BCUT2D eigenvalue weighted by atomic mass is 16.5. The molecule has 0 aromatic heterocycles. The van der Waals surface area contributed by atoms with Crippen molar-refractivity contribution >= 4 is 6.03 Å². The summed E-state index contributed by atoms with van der Waals surface area (Å²) in [5.41, 5.74) is 2.67. The maximum atomic E-state index is 11.7. The quantitative estimate of drug-likeness (QED) is 0.919. The normalized spacial score (nSPS) is 26.9. The Balaban J connectivity index is 1.55. The lowest BCUT2D eigenvalue weighted by molar-refractivity contribution is 0.0744. The zero-order chi connectivity index (χ0) is 17.1. The predicted molar refractivity (Wildman–Crippen MR) is 94.9 cm³/mol. The molecule has 0 unspecified atom stereocenters. The van der Waals surface area contributed by atoms with Gasteiger partial charge in [-0.05, 0) is 31.4 Å². The first kappa shape index (κ1) is 17.2. The average Bonchev–Trinajstić information content (AvgIpc) is 2.97. The number of benzene rings is 1. The lowest BCUT2D eigenvalue weighted by atomic mass is 9.84. The Morgan fingerprint density at radius 1 is 1.33 bits per heavy atom. The van der Waals surface area contributed by atoms with Crippen LogP contribution in [0.25, 0.3) is 0 Å². The van der Waals surface area contributed by atoms with Crippen molar-refractivity contribution in [2.24, 2.45) is 11.8 Å². The maximum Gasteiger partial charge on any atom is 0.316 e. The van der Waals surface area contributed by atoms with Gasteiger partial charge in [-0.1, -0.05) is 29.8 Å². The van der Waals surface area contributed by atoms with Gasteiger partial charge in [-0.15, -0.1) is 0 Å². The van der Waals surface area contributed by atoms with Crippen LogP contribution in [0.5, 0.6) is 0 Å². The summed E-state index contributed by atoms with van der Waals surface area (Å²) < 4.78 is 5.98. The van der Waals surface area contributed by atoms with Gasteiger partial charge in [0.2, 0.25) is 0 Å². The molecule has 3 rings (SSSR count). The number of piperidine rings is 1. The molecule has 0 aliphatic carbocycles. The van der Waals surface area contributed by atoms with Crippen molar-refractivity contribution in [1.29, 1.82) is 0 Å².